The lowest BCUT2D eigenvalue weighted by Gasteiger charge is -2.21. The van der Waals surface area contributed by atoms with Crippen molar-refractivity contribution in [2.24, 2.45) is 5.92 Å². The molecule has 6 atom stereocenters. The van der Waals surface area contributed by atoms with Crippen LogP contribution in [0.3, 0.4) is 0 Å². The molecule has 0 saturated carbocycles. The fraction of sp³-hybridized carbons (Fsp3) is 0.955. The molecular weight excluding hydrogens is 1390 g/mol. The fourth-order valence-electron chi connectivity index (χ4n) is 13.8. The molecule has 0 radical (unpaired) electrons. The van der Waals surface area contributed by atoms with Gasteiger partial charge in [0.05, 0.1) is 26.4 Å². The van der Waals surface area contributed by atoms with Gasteiger partial charge in [-0.05, 0) is 31.6 Å². The molecule has 0 aromatic rings. The highest BCUT2D eigenvalue weighted by Gasteiger charge is 2.30. The van der Waals surface area contributed by atoms with Crippen LogP contribution in [-0.4, -0.2) is 96.7 Å². The standard InChI is InChI=1S/C88H172O17P2/c1-6-10-13-16-19-21-23-25-27-29-31-32-37-40-44-48-52-57-62-67-72-86(91)99-78-84(105-88(93)74-69-64-59-54-50-46-42-38-34-33-35-39-43-47-51-56-60-65-70-81(5)9-4)80-103-107(96,97)101-76-82(89)75-100-106(94,95)102-79-83(77-98-85(90)71-66-61-55-18-15-12-8-3)104-87(92)73-68-63-58-53-49-45-41-36-30-28-26-24-22-20-17-14-11-7-2/h81-84,89H,6-80H2,1-5H3,(H,94,95)(H,96,97)/t81?,82-,83+,84+/m0/s1. The molecule has 0 aliphatic heterocycles. The molecule has 0 bridgehead atoms. The van der Waals surface area contributed by atoms with Gasteiger partial charge in [0, 0.05) is 25.7 Å². The second kappa shape index (κ2) is 80.7. The topological polar surface area (TPSA) is 237 Å². The van der Waals surface area contributed by atoms with Gasteiger partial charge in [0.25, 0.3) is 0 Å². The van der Waals surface area contributed by atoms with Gasteiger partial charge in [0.2, 0.25) is 0 Å². The number of ether oxygens (including phenoxy) is 4. The summed E-state index contributed by atoms with van der Waals surface area (Å²) in [5.74, 6) is -1.23. The Hall–Kier alpha value is -1.94. The van der Waals surface area contributed by atoms with E-state index < -0.39 is 97.5 Å². The first-order valence-corrected chi connectivity index (χ1v) is 48.7. The average molecular weight is 1560 g/mol. The predicted octanol–water partition coefficient (Wildman–Crippen LogP) is 27.2. The van der Waals surface area contributed by atoms with Crippen molar-refractivity contribution in [3.8, 4) is 0 Å². The average Bonchev–Trinajstić information content (AvgIpc) is 0.902. The van der Waals surface area contributed by atoms with Gasteiger partial charge >= 0.3 is 39.5 Å². The van der Waals surface area contributed by atoms with Gasteiger partial charge in [-0.25, -0.2) is 9.13 Å². The van der Waals surface area contributed by atoms with Crippen LogP contribution in [0.1, 0.15) is 478 Å². The largest absolute Gasteiger partial charge is 0.472 e. The van der Waals surface area contributed by atoms with Crippen molar-refractivity contribution in [3.05, 3.63) is 0 Å². The molecule has 19 heteroatoms. The lowest BCUT2D eigenvalue weighted by atomic mass is 9.99. The van der Waals surface area contributed by atoms with E-state index >= 15 is 0 Å². The van der Waals surface area contributed by atoms with Gasteiger partial charge < -0.3 is 33.8 Å². The Morgan fingerprint density at radius 2 is 0.449 bits per heavy atom. The maximum absolute atomic E-state index is 13.2. The second-order valence-electron chi connectivity index (χ2n) is 31.9. The number of esters is 4. The number of carbonyl (C=O) groups excluding carboxylic acids is 4. The van der Waals surface area contributed by atoms with Crippen molar-refractivity contribution >= 4 is 39.5 Å². The summed E-state index contributed by atoms with van der Waals surface area (Å²) in [6.45, 7) is 7.40. The smallest absolute Gasteiger partial charge is 0.462 e. The minimum absolute atomic E-state index is 0.109. The number of aliphatic hydroxyl groups is 1. The summed E-state index contributed by atoms with van der Waals surface area (Å²) in [6.07, 6.45) is 75.3. The molecule has 636 valence electrons. The number of unbranched alkanes of at least 4 members (excludes halogenated alkanes) is 59. The molecule has 0 saturated heterocycles. The number of carbonyl (C=O) groups is 4. The lowest BCUT2D eigenvalue weighted by Crippen LogP contribution is -2.30. The first kappa shape index (κ1) is 105. The lowest BCUT2D eigenvalue weighted by molar-refractivity contribution is -0.161. The van der Waals surface area contributed by atoms with Crippen molar-refractivity contribution in [2.45, 2.75) is 496 Å². The molecule has 0 heterocycles. The number of aliphatic hydroxyl groups excluding tert-OH is 1. The summed E-state index contributed by atoms with van der Waals surface area (Å²) in [5.41, 5.74) is 0. The van der Waals surface area contributed by atoms with Crippen LogP contribution in [0, 0.1) is 5.92 Å². The van der Waals surface area contributed by atoms with Crippen LogP contribution < -0.4 is 0 Å². The molecule has 0 fully saturated rings. The number of phosphoric ester groups is 2. The van der Waals surface area contributed by atoms with Gasteiger partial charge in [-0.2, -0.15) is 0 Å². The van der Waals surface area contributed by atoms with E-state index in [4.69, 9.17) is 37.0 Å². The van der Waals surface area contributed by atoms with Crippen LogP contribution in [0.5, 0.6) is 0 Å². The maximum atomic E-state index is 13.2. The van der Waals surface area contributed by atoms with E-state index in [2.05, 4.69) is 34.6 Å². The highest BCUT2D eigenvalue weighted by molar-refractivity contribution is 7.47. The Morgan fingerprint density at radius 1 is 0.262 bits per heavy atom. The zero-order valence-corrected chi connectivity index (χ0v) is 72.1. The van der Waals surface area contributed by atoms with Gasteiger partial charge in [-0.3, -0.25) is 37.3 Å². The molecular formula is C88H172O17P2. The van der Waals surface area contributed by atoms with Crippen molar-refractivity contribution in [1.29, 1.82) is 0 Å². The zero-order valence-electron chi connectivity index (χ0n) is 70.3. The number of phosphoric acid groups is 2. The first-order chi connectivity index (χ1) is 52.1. The van der Waals surface area contributed by atoms with E-state index in [1.807, 2.05) is 0 Å². The van der Waals surface area contributed by atoms with Crippen LogP contribution in [0.15, 0.2) is 0 Å². The normalized spacial score (nSPS) is 14.0. The monoisotopic (exact) mass is 1560 g/mol. The predicted molar refractivity (Wildman–Crippen MR) is 442 cm³/mol. The van der Waals surface area contributed by atoms with Gasteiger partial charge in [0.15, 0.2) is 12.2 Å². The van der Waals surface area contributed by atoms with Crippen molar-refractivity contribution in [2.75, 3.05) is 39.6 Å². The summed E-state index contributed by atoms with van der Waals surface area (Å²) in [5, 5.41) is 10.7. The van der Waals surface area contributed by atoms with Gasteiger partial charge in [-0.1, -0.05) is 426 Å². The third-order valence-electron chi connectivity index (χ3n) is 21.1. The quantitative estimate of drug-likeness (QED) is 0.0222. The Balaban J connectivity index is 5.15. The van der Waals surface area contributed by atoms with E-state index in [9.17, 15) is 43.2 Å². The van der Waals surface area contributed by atoms with E-state index in [0.29, 0.717) is 25.7 Å². The van der Waals surface area contributed by atoms with E-state index in [1.165, 1.54) is 289 Å². The minimum atomic E-state index is -4.97. The van der Waals surface area contributed by atoms with E-state index in [-0.39, 0.29) is 25.7 Å². The van der Waals surface area contributed by atoms with Crippen LogP contribution in [-0.2, 0) is 65.4 Å². The molecule has 0 amide bonds. The molecule has 0 aromatic heterocycles. The maximum Gasteiger partial charge on any atom is 0.472 e. The third kappa shape index (κ3) is 80.5. The van der Waals surface area contributed by atoms with Crippen LogP contribution in [0.2, 0.25) is 0 Å². The number of hydrogen-bond donors (Lipinski definition) is 3. The Bertz CT molecular complexity index is 2030. The molecule has 0 aliphatic carbocycles. The molecule has 3 unspecified atom stereocenters. The molecule has 0 aliphatic rings. The third-order valence-corrected chi connectivity index (χ3v) is 23.0. The molecule has 0 spiro atoms. The Morgan fingerprint density at radius 3 is 0.664 bits per heavy atom. The zero-order chi connectivity index (χ0) is 78.3. The molecule has 0 rings (SSSR count). The molecule has 107 heavy (non-hydrogen) atoms. The first-order valence-electron chi connectivity index (χ1n) is 45.7. The van der Waals surface area contributed by atoms with Gasteiger partial charge in [0.1, 0.15) is 19.3 Å². The minimum Gasteiger partial charge on any atom is -0.462 e. The summed E-state index contributed by atoms with van der Waals surface area (Å²) >= 11 is 0. The van der Waals surface area contributed by atoms with E-state index in [1.54, 1.807) is 0 Å². The van der Waals surface area contributed by atoms with E-state index in [0.717, 1.165) is 109 Å². The highest BCUT2D eigenvalue weighted by atomic mass is 31.2. The van der Waals surface area contributed by atoms with Gasteiger partial charge in [-0.15, -0.1) is 0 Å². The number of hydrogen-bond acceptors (Lipinski definition) is 15. The van der Waals surface area contributed by atoms with Crippen LogP contribution in [0.25, 0.3) is 0 Å². The summed E-state index contributed by atoms with van der Waals surface area (Å²) < 4.78 is 68.8. The van der Waals surface area contributed by atoms with Crippen molar-refractivity contribution < 1.29 is 80.2 Å². The van der Waals surface area contributed by atoms with Crippen LogP contribution >= 0.6 is 15.6 Å². The Labute approximate surface area is 658 Å². The SMILES string of the molecule is CCCCCCCCCCCCCCCCCCCCCCC(=O)OC[C@H](COP(=O)(O)OC[C@@H](O)COP(=O)(O)OC[C@@H](COC(=O)CCCCCCCCC)OC(=O)CCCCCCCCCCCCCCCCCCCC)OC(=O)CCCCCCCCCCCCCCCCCCCCC(C)CC. The van der Waals surface area contributed by atoms with Crippen LogP contribution in [0.4, 0.5) is 0 Å². The van der Waals surface area contributed by atoms with Crippen molar-refractivity contribution in [3.63, 3.8) is 0 Å². The van der Waals surface area contributed by atoms with Crippen molar-refractivity contribution in [1.82, 2.24) is 0 Å². The summed E-state index contributed by atoms with van der Waals surface area (Å²) in [7, 11) is -9.92. The molecule has 0 aromatic carbocycles. The summed E-state index contributed by atoms with van der Waals surface area (Å²) in [6, 6.07) is 0. The fourth-order valence-corrected chi connectivity index (χ4v) is 15.4. The molecule has 17 nitrogen and oxygen atoms in total. The Kier molecular flexibility index (Phi) is 79.2. The second-order valence-corrected chi connectivity index (χ2v) is 34.8. The molecule has 3 N–H and O–H groups in total. The summed E-state index contributed by atoms with van der Waals surface area (Å²) in [4.78, 5) is 73.1. The number of rotatable bonds is 88. The highest BCUT2D eigenvalue weighted by Crippen LogP contribution is 2.45.